The van der Waals surface area contributed by atoms with Crippen LogP contribution in [0.2, 0.25) is 0 Å². The summed E-state index contributed by atoms with van der Waals surface area (Å²) in [7, 11) is 1.42. The molecule has 0 amide bonds. The van der Waals surface area contributed by atoms with E-state index in [1.54, 1.807) is 0 Å². The highest BCUT2D eigenvalue weighted by Crippen LogP contribution is 2.13. The molecular formula is C7H7N5O3. The zero-order valence-electron chi connectivity index (χ0n) is 7.71. The molecular weight excluding hydrogens is 202 g/mol. The number of aromatic nitrogens is 4. The zero-order chi connectivity index (χ0) is 11.2. The van der Waals surface area contributed by atoms with E-state index in [1.807, 2.05) is 0 Å². The van der Waals surface area contributed by atoms with Crippen LogP contribution < -0.4 is 10.5 Å². The Bertz CT molecular complexity index is 561. The smallest absolute Gasteiger partial charge is 0.420 e. The number of hydrogen-bond donors (Lipinski definition) is 2. The van der Waals surface area contributed by atoms with Gasteiger partial charge in [0.1, 0.15) is 6.33 Å². The van der Waals surface area contributed by atoms with Crippen molar-refractivity contribution in [3.63, 3.8) is 0 Å². The number of aromatic carboxylic acids is 1. The van der Waals surface area contributed by atoms with Crippen LogP contribution in [0.1, 0.15) is 10.6 Å². The highest BCUT2D eigenvalue weighted by molar-refractivity contribution is 5.87. The van der Waals surface area contributed by atoms with Crippen molar-refractivity contribution in [2.24, 2.45) is 7.05 Å². The van der Waals surface area contributed by atoms with Crippen molar-refractivity contribution in [3.05, 3.63) is 17.4 Å². The molecule has 8 nitrogen and oxygen atoms in total. The summed E-state index contributed by atoms with van der Waals surface area (Å²) in [5.74, 6) is -1.83. The van der Waals surface area contributed by atoms with Gasteiger partial charge in [0.25, 0.3) is 5.65 Å². The van der Waals surface area contributed by atoms with E-state index in [2.05, 4.69) is 9.97 Å². The molecule has 0 atom stereocenters. The minimum atomic E-state index is -1.34. The monoisotopic (exact) mass is 209 g/mol. The Morgan fingerprint density at radius 1 is 1.67 bits per heavy atom. The number of nitrogens with two attached hydrogens (primary N) is 1. The fourth-order valence-corrected chi connectivity index (χ4v) is 1.40. The maximum Gasteiger partial charge on any atom is 0.420 e. The first kappa shape index (κ1) is 9.19. The second kappa shape index (κ2) is 2.80. The number of imidazole rings is 1. The summed E-state index contributed by atoms with van der Waals surface area (Å²) in [6.07, 6.45) is 1.17. The standard InChI is InChI=1S/C7H7N5O3/c1-11-5-3(4(8)9-2-10-5)12(15)6(11)7(13)14/h2H,1H3,(H,13,14)(H2,8,9,10). The van der Waals surface area contributed by atoms with E-state index in [0.29, 0.717) is 0 Å². The lowest BCUT2D eigenvalue weighted by Crippen LogP contribution is -2.34. The van der Waals surface area contributed by atoms with Gasteiger partial charge in [-0.05, 0) is 0 Å². The number of carboxylic acids is 1. The maximum atomic E-state index is 11.6. The maximum absolute atomic E-state index is 11.6. The van der Waals surface area contributed by atoms with Gasteiger partial charge in [0, 0.05) is 0 Å². The average molecular weight is 209 g/mol. The van der Waals surface area contributed by atoms with E-state index in [1.165, 1.54) is 13.4 Å². The second-order valence-electron chi connectivity index (χ2n) is 2.91. The lowest BCUT2D eigenvalue weighted by Gasteiger charge is -1.99. The first-order valence-electron chi connectivity index (χ1n) is 3.95. The molecule has 15 heavy (non-hydrogen) atoms. The van der Waals surface area contributed by atoms with E-state index in [0.717, 1.165) is 4.57 Å². The molecule has 0 saturated carbocycles. The van der Waals surface area contributed by atoms with Gasteiger partial charge in [0.15, 0.2) is 5.82 Å². The van der Waals surface area contributed by atoms with Crippen molar-refractivity contribution in [3.8, 4) is 0 Å². The van der Waals surface area contributed by atoms with Gasteiger partial charge in [-0.25, -0.2) is 19.1 Å². The molecule has 0 aliphatic rings. The summed E-state index contributed by atoms with van der Waals surface area (Å²) in [5, 5.41) is 20.4. The van der Waals surface area contributed by atoms with Gasteiger partial charge < -0.3 is 16.0 Å². The van der Waals surface area contributed by atoms with Crippen LogP contribution in [-0.4, -0.2) is 25.6 Å². The quantitative estimate of drug-likeness (QED) is 0.453. The van der Waals surface area contributed by atoms with Crippen molar-refractivity contribution < 1.29 is 14.6 Å². The number of carbonyl (C=O) groups is 1. The molecule has 0 aromatic carbocycles. The summed E-state index contributed by atoms with van der Waals surface area (Å²) in [6, 6.07) is 0. The second-order valence-corrected chi connectivity index (χ2v) is 2.91. The number of rotatable bonds is 1. The number of nitrogens with zero attached hydrogens (tertiary/aromatic N) is 4. The van der Waals surface area contributed by atoms with Crippen LogP contribution in [0.4, 0.5) is 5.82 Å². The minimum Gasteiger partial charge on any atom is -0.710 e. The van der Waals surface area contributed by atoms with Gasteiger partial charge in [0.05, 0.1) is 7.05 Å². The molecule has 0 radical (unpaired) electrons. The Kier molecular flexibility index (Phi) is 1.72. The van der Waals surface area contributed by atoms with Crippen molar-refractivity contribution in [1.29, 1.82) is 0 Å². The fraction of sp³-hybridized carbons (Fsp3) is 0.143. The molecule has 8 heteroatoms. The Balaban J connectivity index is 2.98. The first-order valence-corrected chi connectivity index (χ1v) is 3.95. The van der Waals surface area contributed by atoms with Gasteiger partial charge in [-0.2, -0.15) is 4.98 Å². The molecule has 2 rings (SSSR count). The van der Waals surface area contributed by atoms with Crippen LogP contribution >= 0.6 is 0 Å². The zero-order valence-corrected chi connectivity index (χ0v) is 7.71. The van der Waals surface area contributed by atoms with E-state index in [4.69, 9.17) is 10.8 Å². The Labute approximate surface area is 83.2 Å². The lowest BCUT2D eigenvalue weighted by molar-refractivity contribution is -0.580. The van der Waals surface area contributed by atoms with Crippen LogP contribution in [0.25, 0.3) is 11.2 Å². The number of carboxylic acid groups (broad SMARTS) is 1. The predicted molar refractivity (Wildman–Crippen MR) is 48.8 cm³/mol. The molecule has 0 saturated heterocycles. The molecule has 2 aromatic rings. The van der Waals surface area contributed by atoms with Crippen molar-refractivity contribution in [1.82, 2.24) is 14.5 Å². The predicted octanol–water partition coefficient (Wildman–Crippen LogP) is -1.12. The fourth-order valence-electron chi connectivity index (χ4n) is 1.40. The summed E-state index contributed by atoms with van der Waals surface area (Å²) in [4.78, 5) is 18.2. The van der Waals surface area contributed by atoms with Gasteiger partial charge in [-0.3, -0.25) is 0 Å². The Morgan fingerprint density at radius 3 is 2.87 bits per heavy atom. The van der Waals surface area contributed by atoms with Crippen molar-refractivity contribution >= 4 is 23.0 Å². The van der Waals surface area contributed by atoms with Gasteiger partial charge in [-0.15, -0.1) is 0 Å². The summed E-state index contributed by atoms with van der Waals surface area (Å²) >= 11 is 0. The minimum absolute atomic E-state index is 0.0302. The summed E-state index contributed by atoms with van der Waals surface area (Å²) < 4.78 is 1.37. The van der Waals surface area contributed by atoms with E-state index in [9.17, 15) is 10.0 Å². The van der Waals surface area contributed by atoms with E-state index in [-0.39, 0.29) is 21.7 Å². The third-order valence-corrected chi connectivity index (χ3v) is 2.05. The summed E-state index contributed by atoms with van der Waals surface area (Å²) in [6.45, 7) is 0. The van der Waals surface area contributed by atoms with Crippen LogP contribution in [-0.2, 0) is 7.05 Å². The van der Waals surface area contributed by atoms with Gasteiger partial charge >= 0.3 is 11.8 Å². The molecule has 0 unspecified atom stereocenters. The number of anilines is 1. The van der Waals surface area contributed by atoms with Crippen LogP contribution in [0, 0.1) is 5.21 Å². The molecule has 0 aliphatic carbocycles. The number of nitrogen functional groups attached to an aromatic ring is 1. The van der Waals surface area contributed by atoms with Crippen LogP contribution in [0.5, 0.6) is 0 Å². The lowest BCUT2D eigenvalue weighted by atomic mass is 10.5. The first-order chi connectivity index (χ1) is 7.04. The van der Waals surface area contributed by atoms with E-state index < -0.39 is 11.8 Å². The molecule has 3 N–H and O–H groups in total. The Morgan fingerprint density at radius 2 is 2.33 bits per heavy atom. The normalized spacial score (nSPS) is 10.7. The SMILES string of the molecule is Cn1c(C(=O)O)[n+]([O-])c2c(N)ncnc21. The average Bonchev–Trinajstić information content (AvgIpc) is 2.40. The van der Waals surface area contributed by atoms with Gasteiger partial charge in [0.2, 0.25) is 5.52 Å². The molecule has 0 fully saturated rings. The molecule has 0 bridgehead atoms. The number of aryl methyl sites for hydroxylation is 1. The molecule has 2 aromatic heterocycles. The van der Waals surface area contributed by atoms with Crippen LogP contribution in [0.3, 0.4) is 0 Å². The molecule has 0 spiro atoms. The third-order valence-electron chi connectivity index (χ3n) is 2.05. The molecule has 78 valence electrons. The molecule has 2 heterocycles. The van der Waals surface area contributed by atoms with Crippen LogP contribution in [0.15, 0.2) is 6.33 Å². The van der Waals surface area contributed by atoms with Crippen molar-refractivity contribution in [2.75, 3.05) is 5.73 Å². The Hall–Kier alpha value is -2.38. The largest absolute Gasteiger partial charge is 0.710 e. The van der Waals surface area contributed by atoms with Crippen molar-refractivity contribution in [2.45, 2.75) is 0 Å². The number of fused-ring (bicyclic) bond motifs is 1. The summed E-state index contributed by atoms with van der Waals surface area (Å²) in [5.41, 5.74) is 5.62. The van der Waals surface area contributed by atoms with E-state index >= 15 is 0 Å². The van der Waals surface area contributed by atoms with Gasteiger partial charge in [-0.1, -0.05) is 0 Å². The number of hydrogen-bond acceptors (Lipinski definition) is 5. The highest BCUT2D eigenvalue weighted by atomic mass is 16.5. The topological polar surface area (TPSA) is 121 Å². The molecule has 0 aliphatic heterocycles. The third kappa shape index (κ3) is 1.08. The highest BCUT2D eigenvalue weighted by Gasteiger charge is 2.27.